The van der Waals surface area contributed by atoms with Crippen LogP contribution in [0.5, 0.6) is 0 Å². The van der Waals surface area contributed by atoms with Crippen LogP contribution in [0, 0.1) is 0 Å². The normalized spacial score (nSPS) is 11.8. The van der Waals surface area contributed by atoms with Crippen molar-refractivity contribution in [1.82, 2.24) is 4.90 Å². The summed E-state index contributed by atoms with van der Waals surface area (Å²) in [5.74, 6) is 0. The highest BCUT2D eigenvalue weighted by molar-refractivity contribution is 7.92. The van der Waals surface area contributed by atoms with Crippen LogP contribution in [0.4, 0.5) is 5.69 Å². The Hall–Kier alpha value is -1.07. The number of likely N-dealkylation sites (N-methyl/N-ethyl adjacent to an activating group) is 1. The smallest absolute Gasteiger partial charge is 0.229 e. The molecule has 1 aromatic carbocycles. The van der Waals surface area contributed by atoms with Gasteiger partial charge in [0.15, 0.2) is 0 Å². The Morgan fingerprint density at radius 2 is 1.82 bits per heavy atom. The zero-order chi connectivity index (χ0) is 12.9. The summed E-state index contributed by atoms with van der Waals surface area (Å²) in [4.78, 5) is 2.24. The summed E-state index contributed by atoms with van der Waals surface area (Å²) in [7, 11) is -1.10. The molecule has 17 heavy (non-hydrogen) atoms. The molecule has 0 unspecified atom stereocenters. The lowest BCUT2D eigenvalue weighted by molar-refractivity contribution is 0.357. The van der Waals surface area contributed by atoms with Crippen molar-refractivity contribution in [3.05, 3.63) is 29.8 Å². The van der Waals surface area contributed by atoms with Gasteiger partial charge in [-0.05, 0) is 37.7 Å². The largest absolute Gasteiger partial charge is 0.306 e. The van der Waals surface area contributed by atoms with Gasteiger partial charge in [-0.15, -0.1) is 0 Å². The van der Waals surface area contributed by atoms with E-state index in [1.54, 1.807) is 12.1 Å². The number of sulfonamides is 1. The molecule has 0 aliphatic rings. The summed E-state index contributed by atoms with van der Waals surface area (Å²) < 4.78 is 24.5. The highest BCUT2D eigenvalue weighted by Gasteiger charge is 2.02. The van der Waals surface area contributed by atoms with Gasteiger partial charge in [-0.1, -0.05) is 19.1 Å². The van der Waals surface area contributed by atoms with Gasteiger partial charge in [-0.25, -0.2) is 8.42 Å². The molecule has 0 atom stereocenters. The molecule has 0 radical (unpaired) electrons. The van der Waals surface area contributed by atoms with Crippen LogP contribution in [0.2, 0.25) is 0 Å². The number of nitrogens with zero attached hydrogens (tertiary/aromatic N) is 1. The molecular formula is C12H20N2O2S. The third kappa shape index (κ3) is 5.70. The van der Waals surface area contributed by atoms with Crippen molar-refractivity contribution in [2.75, 3.05) is 31.1 Å². The second kappa shape index (κ2) is 6.02. The van der Waals surface area contributed by atoms with Gasteiger partial charge >= 0.3 is 0 Å². The third-order valence-electron chi connectivity index (χ3n) is 2.58. The molecule has 96 valence electrons. The summed E-state index contributed by atoms with van der Waals surface area (Å²) in [6.07, 6.45) is 2.13. The molecule has 0 heterocycles. The highest BCUT2D eigenvalue weighted by Crippen LogP contribution is 2.11. The molecule has 0 fully saturated rings. The average molecular weight is 256 g/mol. The van der Waals surface area contributed by atoms with Gasteiger partial charge in [0.25, 0.3) is 0 Å². The lowest BCUT2D eigenvalue weighted by Gasteiger charge is -2.13. The number of hydrogen-bond acceptors (Lipinski definition) is 3. The maximum absolute atomic E-state index is 11.0. The molecule has 0 bridgehead atoms. The van der Waals surface area contributed by atoms with Crippen molar-refractivity contribution < 1.29 is 8.42 Å². The van der Waals surface area contributed by atoms with Crippen LogP contribution in [0.25, 0.3) is 0 Å². The molecule has 1 N–H and O–H groups in total. The molecule has 0 saturated carbocycles. The number of benzene rings is 1. The molecular weight excluding hydrogens is 236 g/mol. The Morgan fingerprint density at radius 1 is 1.24 bits per heavy atom. The van der Waals surface area contributed by atoms with Crippen LogP contribution in [0.3, 0.4) is 0 Å². The highest BCUT2D eigenvalue weighted by atomic mass is 32.2. The van der Waals surface area contributed by atoms with Gasteiger partial charge in [0.05, 0.1) is 6.26 Å². The predicted molar refractivity (Wildman–Crippen MR) is 71.8 cm³/mol. The molecule has 0 spiro atoms. The van der Waals surface area contributed by atoms with Crippen LogP contribution >= 0.6 is 0 Å². The number of hydrogen-bond donors (Lipinski definition) is 1. The molecule has 5 heteroatoms. The lowest BCUT2D eigenvalue weighted by atomic mass is 10.1. The van der Waals surface area contributed by atoms with Crippen molar-refractivity contribution in [2.45, 2.75) is 13.3 Å². The molecule has 0 aromatic heterocycles. The summed E-state index contributed by atoms with van der Waals surface area (Å²) >= 11 is 0. The van der Waals surface area contributed by atoms with Crippen molar-refractivity contribution >= 4 is 15.7 Å². The lowest BCUT2D eigenvalue weighted by Crippen LogP contribution is -2.20. The van der Waals surface area contributed by atoms with E-state index in [0.29, 0.717) is 5.69 Å². The van der Waals surface area contributed by atoms with E-state index < -0.39 is 10.0 Å². The first-order chi connectivity index (χ1) is 7.90. The van der Waals surface area contributed by atoms with Gasteiger partial charge < -0.3 is 4.90 Å². The van der Waals surface area contributed by atoms with Crippen molar-refractivity contribution in [1.29, 1.82) is 0 Å². The van der Waals surface area contributed by atoms with Crippen LogP contribution in [0.1, 0.15) is 12.5 Å². The van der Waals surface area contributed by atoms with Gasteiger partial charge in [0, 0.05) is 12.2 Å². The van der Waals surface area contributed by atoms with E-state index in [-0.39, 0.29) is 0 Å². The van der Waals surface area contributed by atoms with E-state index in [0.717, 1.165) is 25.8 Å². The summed E-state index contributed by atoms with van der Waals surface area (Å²) in [5, 5.41) is 0. The predicted octanol–water partition coefficient (Wildman–Crippen LogP) is 1.55. The standard InChI is InChI=1S/C12H20N2O2S/c1-4-14(2)10-9-11-5-7-12(8-6-11)13-17(3,15)16/h5-8,13H,4,9-10H2,1-3H3. The number of rotatable bonds is 6. The minimum atomic E-state index is -3.18. The Kier molecular flexibility index (Phi) is 4.96. The molecule has 1 aromatic rings. The summed E-state index contributed by atoms with van der Waals surface area (Å²) in [6, 6.07) is 7.50. The molecule has 0 aliphatic heterocycles. The zero-order valence-electron chi connectivity index (χ0n) is 10.6. The average Bonchev–Trinajstić information content (AvgIpc) is 2.25. The number of nitrogens with one attached hydrogen (secondary N) is 1. The molecule has 4 nitrogen and oxygen atoms in total. The molecule has 0 saturated heterocycles. The van der Waals surface area contributed by atoms with Gasteiger partial charge in [0.2, 0.25) is 10.0 Å². The molecule has 1 rings (SSSR count). The second-order valence-electron chi connectivity index (χ2n) is 4.22. The van der Waals surface area contributed by atoms with E-state index in [4.69, 9.17) is 0 Å². The van der Waals surface area contributed by atoms with Crippen LogP contribution < -0.4 is 4.72 Å². The third-order valence-corrected chi connectivity index (χ3v) is 3.19. The van der Waals surface area contributed by atoms with E-state index in [1.807, 2.05) is 12.1 Å². The van der Waals surface area contributed by atoms with E-state index >= 15 is 0 Å². The molecule has 0 amide bonds. The summed E-state index contributed by atoms with van der Waals surface area (Å²) in [6.45, 7) is 4.17. The maximum Gasteiger partial charge on any atom is 0.229 e. The Balaban J connectivity index is 2.56. The van der Waals surface area contributed by atoms with Gasteiger partial charge in [0.1, 0.15) is 0 Å². The second-order valence-corrected chi connectivity index (χ2v) is 5.97. The minimum Gasteiger partial charge on any atom is -0.306 e. The number of anilines is 1. The fourth-order valence-electron chi connectivity index (χ4n) is 1.43. The molecule has 0 aliphatic carbocycles. The topological polar surface area (TPSA) is 49.4 Å². The zero-order valence-corrected chi connectivity index (χ0v) is 11.4. The first-order valence-corrected chi connectivity index (χ1v) is 7.55. The van der Waals surface area contributed by atoms with E-state index in [2.05, 4.69) is 23.6 Å². The quantitative estimate of drug-likeness (QED) is 0.840. The fourth-order valence-corrected chi connectivity index (χ4v) is 2.00. The first-order valence-electron chi connectivity index (χ1n) is 5.66. The Morgan fingerprint density at radius 3 is 2.29 bits per heavy atom. The van der Waals surface area contributed by atoms with Crippen LogP contribution in [0.15, 0.2) is 24.3 Å². The Labute approximate surface area is 104 Å². The van der Waals surface area contributed by atoms with Gasteiger partial charge in [-0.2, -0.15) is 0 Å². The van der Waals surface area contributed by atoms with Crippen LogP contribution in [-0.2, 0) is 16.4 Å². The van der Waals surface area contributed by atoms with E-state index in [1.165, 1.54) is 5.56 Å². The van der Waals surface area contributed by atoms with Crippen molar-refractivity contribution in [2.24, 2.45) is 0 Å². The monoisotopic (exact) mass is 256 g/mol. The van der Waals surface area contributed by atoms with E-state index in [9.17, 15) is 8.42 Å². The first kappa shape index (κ1) is 14.0. The summed E-state index contributed by atoms with van der Waals surface area (Å²) in [5.41, 5.74) is 1.82. The maximum atomic E-state index is 11.0. The Bertz CT molecular complexity index is 440. The minimum absolute atomic E-state index is 0.611. The fraction of sp³-hybridized carbons (Fsp3) is 0.500. The van der Waals surface area contributed by atoms with Crippen molar-refractivity contribution in [3.63, 3.8) is 0 Å². The SMILES string of the molecule is CCN(C)CCc1ccc(NS(C)(=O)=O)cc1. The van der Waals surface area contributed by atoms with Gasteiger partial charge in [-0.3, -0.25) is 4.72 Å². The van der Waals surface area contributed by atoms with Crippen LogP contribution in [-0.4, -0.2) is 39.7 Å². The van der Waals surface area contributed by atoms with Crippen molar-refractivity contribution in [3.8, 4) is 0 Å².